The Labute approximate surface area is 86.8 Å². The minimum atomic E-state index is -2.00. The summed E-state index contributed by atoms with van der Waals surface area (Å²) >= 11 is 0. The first-order chi connectivity index (χ1) is 6.97. The quantitative estimate of drug-likeness (QED) is 0.692. The van der Waals surface area contributed by atoms with E-state index in [4.69, 9.17) is 4.74 Å². The molecule has 1 aliphatic heterocycles. The molecule has 1 amide bonds. The Morgan fingerprint density at radius 3 is 2.60 bits per heavy atom. The van der Waals surface area contributed by atoms with Crippen molar-refractivity contribution in [2.24, 2.45) is 0 Å². The third-order valence-corrected chi connectivity index (χ3v) is 1.84. The van der Waals surface area contributed by atoms with E-state index < -0.39 is 12.1 Å². The third-order valence-electron chi connectivity index (χ3n) is 1.84. The van der Waals surface area contributed by atoms with Crippen LogP contribution in [0.1, 0.15) is 20.8 Å². The molecule has 1 heterocycles. The maximum Gasteiger partial charge on any atom is 0.264 e. The predicted molar refractivity (Wildman–Crippen MR) is 51.2 cm³/mol. The first-order valence-corrected chi connectivity index (χ1v) is 4.55. The van der Waals surface area contributed by atoms with Crippen LogP contribution in [-0.2, 0) is 14.3 Å². The van der Waals surface area contributed by atoms with Crippen LogP contribution in [0.2, 0.25) is 0 Å². The molecule has 0 radical (unpaired) electrons. The molecule has 0 fully saturated rings. The van der Waals surface area contributed by atoms with Crippen molar-refractivity contribution in [3.8, 4) is 0 Å². The van der Waals surface area contributed by atoms with Crippen molar-refractivity contribution in [3.05, 3.63) is 17.0 Å². The lowest BCUT2D eigenvalue weighted by Crippen LogP contribution is -2.39. The van der Waals surface area contributed by atoms with Gasteiger partial charge in [0.15, 0.2) is 5.76 Å². The van der Waals surface area contributed by atoms with Crippen LogP contribution in [0.3, 0.4) is 0 Å². The van der Waals surface area contributed by atoms with E-state index in [0.717, 1.165) is 0 Å². The lowest BCUT2D eigenvalue weighted by Gasteiger charge is -2.23. The van der Waals surface area contributed by atoms with Crippen LogP contribution in [0.15, 0.2) is 17.0 Å². The number of ether oxygens (including phenoxy) is 1. The molecule has 0 saturated carbocycles. The molecule has 15 heavy (non-hydrogen) atoms. The number of rotatable bonds is 2. The fourth-order valence-electron chi connectivity index (χ4n) is 1.24. The monoisotopic (exact) mass is 213 g/mol. The average Bonchev–Trinajstić information content (AvgIpc) is 2.14. The fourth-order valence-corrected chi connectivity index (χ4v) is 1.24. The summed E-state index contributed by atoms with van der Waals surface area (Å²) in [6, 6.07) is 0. The first-order valence-electron chi connectivity index (χ1n) is 4.55. The first kappa shape index (κ1) is 11.5. The molecule has 1 aliphatic rings. The van der Waals surface area contributed by atoms with Gasteiger partial charge >= 0.3 is 0 Å². The van der Waals surface area contributed by atoms with Gasteiger partial charge in [0.2, 0.25) is 6.17 Å². The van der Waals surface area contributed by atoms with E-state index in [-0.39, 0.29) is 17.4 Å². The molecule has 0 aliphatic carbocycles. The van der Waals surface area contributed by atoms with Crippen molar-refractivity contribution in [2.75, 3.05) is 0 Å². The molecule has 5 heteroatoms. The number of hydrogen-bond acceptors (Lipinski definition) is 3. The second-order valence-electron chi connectivity index (χ2n) is 3.49. The van der Waals surface area contributed by atoms with Gasteiger partial charge in [-0.1, -0.05) is 0 Å². The van der Waals surface area contributed by atoms with Crippen molar-refractivity contribution in [3.63, 3.8) is 0 Å². The van der Waals surface area contributed by atoms with Crippen molar-refractivity contribution < 1.29 is 18.7 Å². The highest BCUT2D eigenvalue weighted by molar-refractivity contribution is 5.91. The van der Waals surface area contributed by atoms with Gasteiger partial charge in [-0.2, -0.15) is 0 Å². The number of allylic oxidation sites excluding steroid dienone is 2. The maximum absolute atomic E-state index is 13.3. The normalized spacial score (nSPS) is 21.5. The van der Waals surface area contributed by atoms with Crippen LogP contribution < -0.4 is 5.32 Å². The molecule has 1 N–H and O–H groups in total. The fraction of sp³-hybridized carbons (Fsp3) is 0.500. The molecule has 0 saturated heterocycles. The van der Waals surface area contributed by atoms with Gasteiger partial charge in [0.05, 0.1) is 11.8 Å². The Hall–Kier alpha value is -1.61. The highest BCUT2D eigenvalue weighted by Gasteiger charge is 2.34. The van der Waals surface area contributed by atoms with Crippen molar-refractivity contribution >= 4 is 11.8 Å². The molecule has 4 nitrogen and oxygen atoms in total. The third kappa shape index (κ3) is 2.25. The second kappa shape index (κ2) is 4.28. The van der Waals surface area contributed by atoms with Crippen molar-refractivity contribution in [1.82, 2.24) is 5.32 Å². The summed E-state index contributed by atoms with van der Waals surface area (Å²) in [5, 5.41) is 2.29. The molecule has 0 spiro atoms. The zero-order valence-corrected chi connectivity index (χ0v) is 8.76. The van der Waals surface area contributed by atoms with Crippen LogP contribution in [-0.4, -0.2) is 24.1 Å². The summed E-state index contributed by atoms with van der Waals surface area (Å²) in [5.41, 5.74) is -0.0362. The predicted octanol–water partition coefficient (Wildman–Crippen LogP) is 0.869. The average molecular weight is 213 g/mol. The topological polar surface area (TPSA) is 55.4 Å². The van der Waals surface area contributed by atoms with E-state index in [9.17, 15) is 14.0 Å². The van der Waals surface area contributed by atoms with E-state index in [1.54, 1.807) is 20.8 Å². The van der Waals surface area contributed by atoms with Crippen LogP contribution in [0.5, 0.6) is 0 Å². The number of carbonyl (C=O) groups is 1. The van der Waals surface area contributed by atoms with Gasteiger partial charge in [-0.05, 0) is 20.8 Å². The van der Waals surface area contributed by atoms with E-state index in [0.29, 0.717) is 5.70 Å². The molecule has 1 atom stereocenters. The summed E-state index contributed by atoms with van der Waals surface area (Å²) in [5.74, 6) is 0.635. The summed E-state index contributed by atoms with van der Waals surface area (Å²) in [6.45, 7) is 5.03. The summed E-state index contributed by atoms with van der Waals surface area (Å²) in [7, 11) is 0. The smallest absolute Gasteiger partial charge is 0.264 e. The lowest BCUT2D eigenvalue weighted by molar-refractivity contribution is -0.124. The van der Waals surface area contributed by atoms with Gasteiger partial charge in [0.1, 0.15) is 11.5 Å². The van der Waals surface area contributed by atoms with Crippen LogP contribution in [0.4, 0.5) is 4.39 Å². The largest absolute Gasteiger partial charge is 0.488 e. The zero-order chi connectivity index (χ0) is 11.6. The SMILES string of the molecule is CC1=C(OC(C)C)C(=C=O)C(F)C(=O)N1. The second-order valence-corrected chi connectivity index (χ2v) is 3.49. The Bertz CT molecular complexity index is 367. The van der Waals surface area contributed by atoms with Gasteiger partial charge in [0, 0.05) is 0 Å². The molecule has 0 aromatic carbocycles. The van der Waals surface area contributed by atoms with Gasteiger partial charge in [-0.15, -0.1) is 0 Å². The van der Waals surface area contributed by atoms with Crippen molar-refractivity contribution in [2.45, 2.75) is 33.0 Å². The van der Waals surface area contributed by atoms with E-state index in [1.807, 2.05) is 0 Å². The minimum absolute atomic E-state index is 0.0760. The molecule has 82 valence electrons. The van der Waals surface area contributed by atoms with Crippen LogP contribution in [0.25, 0.3) is 0 Å². The van der Waals surface area contributed by atoms with Gasteiger partial charge in [-0.25, -0.2) is 9.18 Å². The van der Waals surface area contributed by atoms with E-state index in [2.05, 4.69) is 5.32 Å². The minimum Gasteiger partial charge on any atom is -0.488 e. The Kier molecular flexibility index (Phi) is 3.27. The number of carbonyl (C=O) groups excluding carboxylic acids is 2. The van der Waals surface area contributed by atoms with Gasteiger partial charge < -0.3 is 10.1 Å². The molecule has 1 rings (SSSR count). The van der Waals surface area contributed by atoms with Crippen LogP contribution in [0, 0.1) is 0 Å². The molecule has 0 aromatic rings. The summed E-state index contributed by atoms with van der Waals surface area (Å²) in [6.07, 6.45) is -2.21. The molecular formula is C10H12FNO3. The summed E-state index contributed by atoms with van der Waals surface area (Å²) in [4.78, 5) is 21.6. The van der Waals surface area contributed by atoms with E-state index >= 15 is 0 Å². The highest BCUT2D eigenvalue weighted by Crippen LogP contribution is 2.24. The molecule has 1 unspecified atom stereocenters. The van der Waals surface area contributed by atoms with Crippen molar-refractivity contribution in [1.29, 1.82) is 0 Å². The van der Waals surface area contributed by atoms with Crippen LogP contribution >= 0.6 is 0 Å². The number of alkyl halides is 1. The molecular weight excluding hydrogens is 201 g/mol. The Morgan fingerprint density at radius 2 is 2.13 bits per heavy atom. The molecule has 0 aromatic heterocycles. The summed E-state index contributed by atoms with van der Waals surface area (Å²) < 4.78 is 18.5. The Balaban J connectivity index is 3.13. The number of nitrogens with one attached hydrogen (secondary N) is 1. The molecule has 0 bridgehead atoms. The van der Waals surface area contributed by atoms with E-state index in [1.165, 1.54) is 5.94 Å². The number of halogens is 1. The Morgan fingerprint density at radius 1 is 1.53 bits per heavy atom. The number of amides is 1. The standard InChI is InChI=1S/C10H12FNO3/c1-5(2)15-9-6(3)12-10(14)8(11)7(9)4-13/h5,8H,1-3H3,(H,12,14). The highest BCUT2D eigenvalue weighted by atomic mass is 19.1. The maximum atomic E-state index is 13.3. The van der Waals surface area contributed by atoms with Gasteiger partial charge in [0.25, 0.3) is 5.91 Å². The van der Waals surface area contributed by atoms with Gasteiger partial charge in [-0.3, -0.25) is 4.79 Å². The number of hydrogen-bond donors (Lipinski definition) is 1. The lowest BCUT2D eigenvalue weighted by atomic mass is 10.0. The zero-order valence-electron chi connectivity index (χ0n) is 8.76.